The molecule has 1 aliphatic rings. The standard InChI is InChI=1S/C12H26N2/c1-6-10(2)9-14(5)11-7-12(3,4)13-8-11/h10-11,13H,6-9H2,1-5H3. The van der Waals surface area contributed by atoms with Gasteiger partial charge in [0.1, 0.15) is 0 Å². The van der Waals surface area contributed by atoms with Gasteiger partial charge in [0.25, 0.3) is 0 Å². The average molecular weight is 198 g/mol. The Morgan fingerprint density at radius 3 is 2.57 bits per heavy atom. The second-order valence-corrected chi connectivity index (χ2v) is 5.58. The van der Waals surface area contributed by atoms with E-state index in [1.54, 1.807) is 0 Å². The van der Waals surface area contributed by atoms with Crippen LogP contribution in [-0.4, -0.2) is 36.6 Å². The molecular weight excluding hydrogens is 172 g/mol. The normalized spacial score (nSPS) is 28.3. The fourth-order valence-corrected chi connectivity index (χ4v) is 2.21. The Labute approximate surface area is 89.1 Å². The summed E-state index contributed by atoms with van der Waals surface area (Å²) in [4.78, 5) is 2.52. The van der Waals surface area contributed by atoms with Gasteiger partial charge in [-0.3, -0.25) is 0 Å². The zero-order valence-electron chi connectivity index (χ0n) is 10.4. The van der Waals surface area contributed by atoms with Gasteiger partial charge in [-0.15, -0.1) is 0 Å². The van der Waals surface area contributed by atoms with Gasteiger partial charge in [-0.1, -0.05) is 20.3 Å². The van der Waals surface area contributed by atoms with Crippen molar-refractivity contribution < 1.29 is 0 Å². The molecule has 1 N–H and O–H groups in total. The lowest BCUT2D eigenvalue weighted by atomic mass is 10.00. The van der Waals surface area contributed by atoms with Crippen molar-refractivity contribution in [2.75, 3.05) is 20.1 Å². The Morgan fingerprint density at radius 1 is 1.50 bits per heavy atom. The molecule has 0 spiro atoms. The number of nitrogens with zero attached hydrogens (tertiary/aromatic N) is 1. The van der Waals surface area contributed by atoms with Crippen LogP contribution < -0.4 is 5.32 Å². The van der Waals surface area contributed by atoms with Gasteiger partial charge >= 0.3 is 0 Å². The summed E-state index contributed by atoms with van der Waals surface area (Å²) < 4.78 is 0. The first kappa shape index (κ1) is 12.0. The molecule has 14 heavy (non-hydrogen) atoms. The topological polar surface area (TPSA) is 15.3 Å². The summed E-state index contributed by atoms with van der Waals surface area (Å²) in [5.41, 5.74) is 0.342. The van der Waals surface area contributed by atoms with Crippen LogP contribution in [0.25, 0.3) is 0 Å². The van der Waals surface area contributed by atoms with Crippen LogP contribution in [0.1, 0.15) is 40.5 Å². The van der Waals surface area contributed by atoms with E-state index in [1.165, 1.54) is 19.4 Å². The second-order valence-electron chi connectivity index (χ2n) is 5.58. The minimum Gasteiger partial charge on any atom is -0.310 e. The quantitative estimate of drug-likeness (QED) is 0.744. The summed E-state index contributed by atoms with van der Waals surface area (Å²) in [6, 6.07) is 0.735. The molecule has 0 radical (unpaired) electrons. The maximum absolute atomic E-state index is 3.58. The summed E-state index contributed by atoms with van der Waals surface area (Å²) in [5.74, 6) is 0.823. The number of likely N-dealkylation sites (N-methyl/N-ethyl adjacent to an activating group) is 1. The minimum absolute atomic E-state index is 0.342. The van der Waals surface area contributed by atoms with Crippen LogP contribution >= 0.6 is 0 Å². The molecule has 0 aromatic heterocycles. The lowest BCUT2D eigenvalue weighted by Gasteiger charge is -2.27. The van der Waals surface area contributed by atoms with Gasteiger partial charge in [0.05, 0.1) is 0 Å². The van der Waals surface area contributed by atoms with Gasteiger partial charge in [0.2, 0.25) is 0 Å². The van der Waals surface area contributed by atoms with Crippen LogP contribution in [0.5, 0.6) is 0 Å². The molecule has 1 saturated heterocycles. The smallest absolute Gasteiger partial charge is 0.0235 e. The molecule has 1 fully saturated rings. The van der Waals surface area contributed by atoms with Gasteiger partial charge in [-0.25, -0.2) is 0 Å². The largest absolute Gasteiger partial charge is 0.310 e. The van der Waals surface area contributed by atoms with Crippen LogP contribution in [0.4, 0.5) is 0 Å². The maximum atomic E-state index is 3.58. The van der Waals surface area contributed by atoms with E-state index >= 15 is 0 Å². The molecular formula is C12H26N2. The zero-order chi connectivity index (χ0) is 10.8. The first-order valence-corrected chi connectivity index (χ1v) is 5.90. The highest BCUT2D eigenvalue weighted by atomic mass is 15.2. The number of rotatable bonds is 4. The fraction of sp³-hybridized carbons (Fsp3) is 1.00. The molecule has 1 aliphatic heterocycles. The summed E-state index contributed by atoms with van der Waals surface area (Å²) in [5, 5.41) is 3.58. The predicted molar refractivity (Wildman–Crippen MR) is 62.6 cm³/mol. The van der Waals surface area contributed by atoms with E-state index in [4.69, 9.17) is 0 Å². The van der Waals surface area contributed by atoms with Crippen molar-refractivity contribution in [1.82, 2.24) is 10.2 Å². The monoisotopic (exact) mass is 198 g/mol. The van der Waals surface area contributed by atoms with Crippen LogP contribution in [0.2, 0.25) is 0 Å². The Balaban J connectivity index is 2.35. The highest BCUT2D eigenvalue weighted by Crippen LogP contribution is 2.22. The second kappa shape index (κ2) is 4.63. The predicted octanol–water partition coefficient (Wildman–Crippen LogP) is 2.10. The summed E-state index contributed by atoms with van der Waals surface area (Å²) in [7, 11) is 2.26. The fourth-order valence-electron chi connectivity index (χ4n) is 2.21. The molecule has 0 amide bonds. The van der Waals surface area contributed by atoms with E-state index < -0.39 is 0 Å². The van der Waals surface area contributed by atoms with Crippen molar-refractivity contribution >= 4 is 0 Å². The zero-order valence-corrected chi connectivity index (χ0v) is 10.4. The SMILES string of the molecule is CCC(C)CN(C)C1CNC(C)(C)C1. The molecule has 2 nitrogen and oxygen atoms in total. The lowest BCUT2D eigenvalue weighted by Crippen LogP contribution is -2.36. The first-order chi connectivity index (χ1) is 6.44. The van der Waals surface area contributed by atoms with Crippen molar-refractivity contribution in [3.05, 3.63) is 0 Å². The molecule has 0 saturated carbocycles. The van der Waals surface area contributed by atoms with E-state index in [-0.39, 0.29) is 0 Å². The molecule has 0 aliphatic carbocycles. The van der Waals surface area contributed by atoms with Crippen molar-refractivity contribution in [1.29, 1.82) is 0 Å². The molecule has 0 bridgehead atoms. The van der Waals surface area contributed by atoms with Gasteiger partial charge in [-0.05, 0) is 33.2 Å². The summed E-state index contributed by atoms with van der Waals surface area (Å²) in [6.07, 6.45) is 2.56. The first-order valence-electron chi connectivity index (χ1n) is 5.90. The van der Waals surface area contributed by atoms with E-state index in [0.717, 1.165) is 18.5 Å². The van der Waals surface area contributed by atoms with Crippen molar-refractivity contribution in [3.8, 4) is 0 Å². The number of hydrogen-bond donors (Lipinski definition) is 1. The molecule has 2 atom stereocenters. The Morgan fingerprint density at radius 2 is 2.14 bits per heavy atom. The molecule has 1 rings (SSSR count). The number of nitrogens with one attached hydrogen (secondary N) is 1. The number of hydrogen-bond acceptors (Lipinski definition) is 2. The lowest BCUT2D eigenvalue weighted by molar-refractivity contribution is 0.215. The van der Waals surface area contributed by atoms with Crippen LogP contribution in [0, 0.1) is 5.92 Å². The maximum Gasteiger partial charge on any atom is 0.0235 e. The Kier molecular flexibility index (Phi) is 3.96. The highest BCUT2D eigenvalue weighted by molar-refractivity contribution is 4.93. The summed E-state index contributed by atoms with van der Waals surface area (Å²) in [6.45, 7) is 11.6. The van der Waals surface area contributed by atoms with Gasteiger partial charge < -0.3 is 10.2 Å². The van der Waals surface area contributed by atoms with E-state index in [2.05, 4.69) is 45.0 Å². The van der Waals surface area contributed by atoms with Crippen LogP contribution in [-0.2, 0) is 0 Å². The van der Waals surface area contributed by atoms with E-state index in [9.17, 15) is 0 Å². The molecule has 0 aromatic carbocycles. The molecule has 1 heterocycles. The van der Waals surface area contributed by atoms with E-state index in [1.807, 2.05) is 0 Å². The molecule has 2 unspecified atom stereocenters. The minimum atomic E-state index is 0.342. The van der Waals surface area contributed by atoms with Gasteiger partial charge in [0, 0.05) is 24.7 Å². The third kappa shape index (κ3) is 3.25. The van der Waals surface area contributed by atoms with Crippen molar-refractivity contribution in [2.24, 2.45) is 5.92 Å². The third-order valence-electron chi connectivity index (χ3n) is 3.48. The van der Waals surface area contributed by atoms with Gasteiger partial charge in [-0.2, -0.15) is 0 Å². The molecule has 84 valence electrons. The van der Waals surface area contributed by atoms with Crippen LogP contribution in [0.3, 0.4) is 0 Å². The van der Waals surface area contributed by atoms with E-state index in [0.29, 0.717) is 5.54 Å². The van der Waals surface area contributed by atoms with Crippen molar-refractivity contribution in [3.63, 3.8) is 0 Å². The Hall–Kier alpha value is -0.0800. The third-order valence-corrected chi connectivity index (χ3v) is 3.48. The highest BCUT2D eigenvalue weighted by Gasteiger charge is 2.32. The summed E-state index contributed by atoms with van der Waals surface area (Å²) >= 11 is 0. The Bertz CT molecular complexity index is 177. The van der Waals surface area contributed by atoms with Crippen LogP contribution in [0.15, 0.2) is 0 Å². The average Bonchev–Trinajstić information content (AvgIpc) is 2.46. The van der Waals surface area contributed by atoms with Crippen molar-refractivity contribution in [2.45, 2.75) is 52.1 Å². The molecule has 0 aromatic rings. The molecule has 2 heteroatoms. The van der Waals surface area contributed by atoms with Gasteiger partial charge in [0.15, 0.2) is 0 Å².